The van der Waals surface area contributed by atoms with Gasteiger partial charge in [0.15, 0.2) is 0 Å². The number of amides is 1. The van der Waals surface area contributed by atoms with Gasteiger partial charge in [-0.2, -0.15) is 5.26 Å². The normalized spacial score (nSPS) is 17.3. The first-order valence-corrected chi connectivity index (χ1v) is 12.8. The number of halogens is 2. The molecule has 1 N–H and O–H groups in total. The quantitative estimate of drug-likeness (QED) is 0.374. The van der Waals surface area contributed by atoms with Gasteiger partial charge >= 0.3 is 6.09 Å². The van der Waals surface area contributed by atoms with Crippen LogP contribution in [0.1, 0.15) is 33.6 Å². The summed E-state index contributed by atoms with van der Waals surface area (Å²) in [6.45, 7) is 5.83. The monoisotopic (exact) mass is 557 g/mol. The summed E-state index contributed by atoms with van der Waals surface area (Å²) in [5.41, 5.74) is 1.44. The van der Waals surface area contributed by atoms with Gasteiger partial charge in [0.25, 0.3) is 0 Å². The van der Waals surface area contributed by atoms with Crippen molar-refractivity contribution in [3.63, 3.8) is 0 Å². The number of nitriles is 1. The second-order valence-corrected chi connectivity index (χ2v) is 10.7. The Morgan fingerprint density at radius 3 is 2.47 bits per heavy atom. The van der Waals surface area contributed by atoms with Gasteiger partial charge in [-0.3, -0.25) is 0 Å². The lowest BCUT2D eigenvalue weighted by atomic mass is 10.0. The van der Waals surface area contributed by atoms with E-state index in [9.17, 15) is 10.1 Å². The second-order valence-electron chi connectivity index (χ2n) is 9.98. The lowest BCUT2D eigenvalue weighted by Crippen LogP contribution is -2.40. The largest absolute Gasteiger partial charge is 0.495 e. The average molecular weight is 558 g/mol. The van der Waals surface area contributed by atoms with E-state index in [-0.39, 0.29) is 18.5 Å². The molecule has 3 aromatic rings. The van der Waals surface area contributed by atoms with Crippen molar-refractivity contribution in [3.8, 4) is 28.7 Å². The Morgan fingerprint density at radius 2 is 1.87 bits per heavy atom. The molecule has 0 bridgehead atoms. The second kappa shape index (κ2) is 11.1. The molecular formula is C27H29Cl2N5O4. The number of nitrogens with one attached hydrogen (secondary N) is 1. The van der Waals surface area contributed by atoms with Crippen molar-refractivity contribution in [2.45, 2.75) is 51.3 Å². The van der Waals surface area contributed by atoms with Crippen LogP contribution in [0.4, 0.5) is 10.7 Å². The predicted molar refractivity (Wildman–Crippen MR) is 147 cm³/mol. The van der Waals surface area contributed by atoms with E-state index in [0.717, 1.165) is 10.9 Å². The molecule has 1 saturated heterocycles. The van der Waals surface area contributed by atoms with E-state index < -0.39 is 11.7 Å². The first-order valence-electron chi connectivity index (χ1n) is 12.0. The Morgan fingerprint density at radius 1 is 1.18 bits per heavy atom. The molecule has 9 nitrogen and oxygen atoms in total. The number of rotatable bonds is 6. The number of benzene rings is 2. The van der Waals surface area contributed by atoms with E-state index in [4.69, 9.17) is 37.4 Å². The maximum atomic E-state index is 12.7. The van der Waals surface area contributed by atoms with Crippen molar-refractivity contribution in [1.29, 1.82) is 5.26 Å². The van der Waals surface area contributed by atoms with E-state index in [0.29, 0.717) is 51.5 Å². The van der Waals surface area contributed by atoms with Crippen molar-refractivity contribution in [2.24, 2.45) is 0 Å². The molecule has 2 atom stereocenters. The van der Waals surface area contributed by atoms with Gasteiger partial charge in [0.05, 0.1) is 48.3 Å². The number of nitrogens with zero attached hydrogens (tertiary/aromatic N) is 4. The van der Waals surface area contributed by atoms with Crippen molar-refractivity contribution >= 4 is 46.1 Å². The van der Waals surface area contributed by atoms with Gasteiger partial charge in [0.1, 0.15) is 17.1 Å². The fourth-order valence-electron chi connectivity index (χ4n) is 4.44. The molecule has 2 heterocycles. The van der Waals surface area contributed by atoms with E-state index in [1.165, 1.54) is 14.2 Å². The molecule has 0 radical (unpaired) electrons. The number of hydrogen-bond donors (Lipinski definition) is 1. The number of carbonyl (C=O) groups excluding carboxylic acids is 1. The summed E-state index contributed by atoms with van der Waals surface area (Å²) in [7, 11) is 3.06. The molecule has 1 aromatic heterocycles. The summed E-state index contributed by atoms with van der Waals surface area (Å²) in [4.78, 5) is 23.4. The highest BCUT2D eigenvalue weighted by molar-refractivity contribution is 6.41. The Labute approximate surface area is 231 Å². The van der Waals surface area contributed by atoms with E-state index in [1.54, 1.807) is 17.2 Å². The first kappa shape index (κ1) is 27.6. The number of anilines is 1. The van der Waals surface area contributed by atoms with Gasteiger partial charge in [0.2, 0.25) is 5.95 Å². The molecule has 0 saturated carbocycles. The fourth-order valence-corrected chi connectivity index (χ4v) is 5.16. The summed E-state index contributed by atoms with van der Waals surface area (Å²) in [5.74, 6) is 1.33. The summed E-state index contributed by atoms with van der Waals surface area (Å²) < 4.78 is 16.3. The minimum atomic E-state index is -0.620. The molecule has 1 aliphatic heterocycles. The number of ether oxygens (including phenoxy) is 3. The summed E-state index contributed by atoms with van der Waals surface area (Å²) in [6, 6.07) is 9.06. The van der Waals surface area contributed by atoms with Crippen LogP contribution in [0.15, 0.2) is 30.5 Å². The topological polar surface area (TPSA) is 110 Å². The number of methoxy groups -OCH3 is 2. The van der Waals surface area contributed by atoms with Gasteiger partial charge < -0.3 is 24.4 Å². The lowest BCUT2D eigenvalue weighted by molar-refractivity contribution is 0.0228. The highest BCUT2D eigenvalue weighted by Gasteiger charge is 2.37. The van der Waals surface area contributed by atoms with Crippen LogP contribution in [0.25, 0.3) is 22.0 Å². The summed E-state index contributed by atoms with van der Waals surface area (Å²) in [6.07, 6.45) is 2.09. The zero-order chi connectivity index (χ0) is 27.6. The third-order valence-corrected chi connectivity index (χ3v) is 6.90. The number of hydrogen-bond acceptors (Lipinski definition) is 8. The smallest absolute Gasteiger partial charge is 0.410 e. The molecule has 2 aromatic carbocycles. The van der Waals surface area contributed by atoms with Gasteiger partial charge in [-0.15, -0.1) is 0 Å². The SMILES string of the molecule is COc1cc(OC)c(Cl)c(-c2ccc3nc(N[C@H]4C[C@@H](CC#N)N(C(=O)OC(C)(C)C)C4)ncc3c2)c1Cl. The minimum Gasteiger partial charge on any atom is -0.495 e. The van der Waals surface area contributed by atoms with Crippen molar-refractivity contribution in [2.75, 3.05) is 26.1 Å². The fraction of sp³-hybridized carbons (Fsp3) is 0.407. The molecule has 1 aliphatic rings. The Bertz CT molecular complexity index is 1370. The van der Waals surface area contributed by atoms with Crippen LogP contribution in [0.2, 0.25) is 10.0 Å². The van der Waals surface area contributed by atoms with Crippen molar-refractivity contribution in [1.82, 2.24) is 14.9 Å². The zero-order valence-electron chi connectivity index (χ0n) is 21.8. The van der Waals surface area contributed by atoms with Crippen LogP contribution in [0.5, 0.6) is 11.5 Å². The molecule has 4 rings (SSSR count). The number of likely N-dealkylation sites (tertiary alicyclic amines) is 1. The average Bonchev–Trinajstić information content (AvgIpc) is 3.26. The van der Waals surface area contributed by atoms with Crippen LogP contribution in [-0.4, -0.2) is 59.4 Å². The summed E-state index contributed by atoms with van der Waals surface area (Å²) >= 11 is 13.2. The number of fused-ring (bicyclic) bond motifs is 1. The highest BCUT2D eigenvalue weighted by atomic mass is 35.5. The maximum absolute atomic E-state index is 12.7. The third kappa shape index (κ3) is 5.82. The first-order chi connectivity index (χ1) is 18.0. The van der Waals surface area contributed by atoms with Gasteiger partial charge in [-0.25, -0.2) is 14.8 Å². The van der Waals surface area contributed by atoms with Crippen LogP contribution in [0, 0.1) is 11.3 Å². The summed E-state index contributed by atoms with van der Waals surface area (Å²) in [5, 5.41) is 14.1. The van der Waals surface area contributed by atoms with Crippen LogP contribution in [-0.2, 0) is 4.74 Å². The molecule has 0 unspecified atom stereocenters. The third-order valence-electron chi connectivity index (χ3n) is 6.14. The van der Waals surface area contributed by atoms with Crippen molar-refractivity contribution < 1.29 is 19.0 Å². The Hall–Kier alpha value is -3.48. The predicted octanol–water partition coefficient (Wildman–Crippen LogP) is 6.32. The molecule has 0 aliphatic carbocycles. The molecule has 0 spiro atoms. The molecule has 11 heteroatoms. The lowest BCUT2D eigenvalue weighted by Gasteiger charge is -2.27. The number of carbonyl (C=O) groups is 1. The van der Waals surface area contributed by atoms with Gasteiger partial charge in [-0.1, -0.05) is 29.3 Å². The maximum Gasteiger partial charge on any atom is 0.410 e. The number of aromatic nitrogens is 2. The molecule has 1 amide bonds. The molecule has 38 heavy (non-hydrogen) atoms. The molecule has 200 valence electrons. The van der Waals surface area contributed by atoms with Crippen LogP contribution in [0.3, 0.4) is 0 Å². The standard InChI is InChI=1S/C27H29Cl2N5O4/c1-27(2,3)38-26(35)34-14-17(11-18(34)8-9-30)32-25-31-13-16-10-15(6-7-19(16)33-25)22-23(28)20(36-4)12-21(37-5)24(22)29/h6-7,10,12-13,17-18H,8,11,14H2,1-5H3,(H,31,32,33)/t17-,18+/m0/s1. The Balaban J connectivity index is 1.57. The van der Waals surface area contributed by atoms with Crippen molar-refractivity contribution in [3.05, 3.63) is 40.5 Å². The highest BCUT2D eigenvalue weighted by Crippen LogP contribution is 2.46. The zero-order valence-corrected chi connectivity index (χ0v) is 23.4. The van der Waals surface area contributed by atoms with E-state index in [1.807, 2.05) is 39.0 Å². The van der Waals surface area contributed by atoms with Crippen LogP contribution >= 0.6 is 23.2 Å². The van der Waals surface area contributed by atoms with Gasteiger partial charge in [0, 0.05) is 35.8 Å². The molecular weight excluding hydrogens is 529 g/mol. The van der Waals surface area contributed by atoms with E-state index in [2.05, 4.69) is 21.4 Å². The van der Waals surface area contributed by atoms with Crippen LogP contribution < -0.4 is 14.8 Å². The van der Waals surface area contributed by atoms with Gasteiger partial charge in [-0.05, 0) is 44.9 Å². The minimum absolute atomic E-state index is 0.126. The molecule has 1 fully saturated rings. The Kier molecular flexibility index (Phi) is 8.05. The van der Waals surface area contributed by atoms with E-state index >= 15 is 0 Å².